The largest absolute Gasteiger partial charge is 0.361 e. The highest BCUT2D eigenvalue weighted by Crippen LogP contribution is 2.39. The van der Waals surface area contributed by atoms with Crippen molar-refractivity contribution in [1.29, 1.82) is 0 Å². The van der Waals surface area contributed by atoms with Crippen LogP contribution in [0.5, 0.6) is 0 Å². The molecule has 0 aliphatic heterocycles. The maximum atomic E-state index is 5.61. The van der Waals surface area contributed by atoms with E-state index in [-0.39, 0.29) is 0 Å². The van der Waals surface area contributed by atoms with E-state index >= 15 is 0 Å². The number of aryl methyl sites for hydroxylation is 1. The number of aromatic nitrogens is 1. The fourth-order valence-electron chi connectivity index (χ4n) is 2.32. The van der Waals surface area contributed by atoms with E-state index in [0.717, 1.165) is 30.8 Å². The molecule has 1 heterocycles. The molecule has 1 atom stereocenters. The molecule has 0 saturated heterocycles. The molecule has 1 aliphatic rings. The molecule has 0 aromatic carbocycles. The molecule has 0 amide bonds. The van der Waals surface area contributed by atoms with Crippen LogP contribution in [0.1, 0.15) is 55.5 Å². The monoisotopic (exact) mass is 194 g/mol. The van der Waals surface area contributed by atoms with Gasteiger partial charge in [-0.1, -0.05) is 19.0 Å². The number of nitrogens with two attached hydrogens (primary N) is 1. The number of hydrogen-bond acceptors (Lipinski definition) is 3. The molecule has 1 aromatic rings. The van der Waals surface area contributed by atoms with Gasteiger partial charge < -0.3 is 10.3 Å². The molecule has 0 bridgehead atoms. The third-order valence-electron chi connectivity index (χ3n) is 3.02. The maximum Gasteiger partial charge on any atom is 0.140 e. The third kappa shape index (κ3) is 1.46. The first-order valence-electron chi connectivity index (χ1n) is 5.42. The van der Waals surface area contributed by atoms with Crippen LogP contribution >= 0.6 is 0 Å². The smallest absolute Gasteiger partial charge is 0.140 e. The number of fused-ring (bicyclic) bond motifs is 1. The highest BCUT2D eigenvalue weighted by atomic mass is 16.5. The van der Waals surface area contributed by atoms with Crippen LogP contribution in [-0.2, 0) is 6.42 Å². The highest BCUT2D eigenvalue weighted by molar-refractivity contribution is 5.33. The van der Waals surface area contributed by atoms with Gasteiger partial charge in [0.1, 0.15) is 5.76 Å². The summed E-state index contributed by atoms with van der Waals surface area (Å²) in [5, 5.41) is 4.15. The molecule has 1 aliphatic carbocycles. The predicted octanol–water partition coefficient (Wildman–Crippen LogP) is 2.18. The van der Waals surface area contributed by atoms with Gasteiger partial charge in [-0.25, -0.2) is 0 Å². The fourth-order valence-corrected chi connectivity index (χ4v) is 2.32. The van der Waals surface area contributed by atoms with E-state index in [1.54, 1.807) is 0 Å². The van der Waals surface area contributed by atoms with Crippen molar-refractivity contribution in [2.24, 2.45) is 5.73 Å². The Labute approximate surface area is 84.7 Å². The summed E-state index contributed by atoms with van der Waals surface area (Å²) in [5.74, 6) is 2.16. The van der Waals surface area contributed by atoms with Gasteiger partial charge in [0, 0.05) is 12.0 Å². The summed E-state index contributed by atoms with van der Waals surface area (Å²) in [5.41, 5.74) is 8.12. The lowest BCUT2D eigenvalue weighted by Crippen LogP contribution is -2.06. The van der Waals surface area contributed by atoms with Gasteiger partial charge in [-0.2, -0.15) is 0 Å². The van der Waals surface area contributed by atoms with Gasteiger partial charge in [0.05, 0.1) is 5.69 Å². The summed E-state index contributed by atoms with van der Waals surface area (Å²) in [7, 11) is 0. The Hall–Kier alpha value is -0.830. The Bertz CT molecular complexity index is 317. The Kier molecular flexibility index (Phi) is 2.59. The lowest BCUT2D eigenvalue weighted by Gasteiger charge is -2.10. The van der Waals surface area contributed by atoms with Crippen LogP contribution in [-0.4, -0.2) is 11.7 Å². The molecular weight excluding hydrogens is 176 g/mol. The van der Waals surface area contributed by atoms with Crippen LogP contribution in [0.25, 0.3) is 0 Å². The van der Waals surface area contributed by atoms with Crippen molar-refractivity contribution in [3.05, 3.63) is 17.0 Å². The first kappa shape index (κ1) is 9.71. The summed E-state index contributed by atoms with van der Waals surface area (Å²) in [6.07, 6.45) is 3.29. The fraction of sp³-hybridized carbons (Fsp3) is 0.727. The first-order chi connectivity index (χ1) is 6.74. The zero-order valence-corrected chi connectivity index (χ0v) is 8.92. The van der Waals surface area contributed by atoms with Crippen molar-refractivity contribution in [1.82, 2.24) is 5.16 Å². The Morgan fingerprint density at radius 2 is 2.36 bits per heavy atom. The van der Waals surface area contributed by atoms with Crippen LogP contribution in [0, 0.1) is 0 Å². The molecule has 2 N–H and O–H groups in total. The minimum absolute atomic E-state index is 0.459. The van der Waals surface area contributed by atoms with Crippen molar-refractivity contribution >= 4 is 0 Å². The van der Waals surface area contributed by atoms with Gasteiger partial charge in [-0.15, -0.1) is 0 Å². The first-order valence-corrected chi connectivity index (χ1v) is 5.42. The standard InChI is InChI=1S/C11H18N2O/c1-7(2)11-10-8(5-6-12)3-4-9(10)14-13-11/h7-8H,3-6,12H2,1-2H3. The minimum atomic E-state index is 0.459. The molecule has 0 spiro atoms. The predicted molar refractivity (Wildman–Crippen MR) is 55.3 cm³/mol. The second-order valence-corrected chi connectivity index (χ2v) is 4.37. The molecule has 3 nitrogen and oxygen atoms in total. The van der Waals surface area contributed by atoms with Gasteiger partial charge in [0.15, 0.2) is 0 Å². The van der Waals surface area contributed by atoms with Crippen LogP contribution in [0.2, 0.25) is 0 Å². The Morgan fingerprint density at radius 3 is 3.00 bits per heavy atom. The van der Waals surface area contributed by atoms with E-state index in [1.807, 2.05) is 0 Å². The quantitative estimate of drug-likeness (QED) is 0.802. The lowest BCUT2D eigenvalue weighted by atomic mass is 9.94. The third-order valence-corrected chi connectivity index (χ3v) is 3.02. The average molecular weight is 194 g/mol. The minimum Gasteiger partial charge on any atom is -0.361 e. The van der Waals surface area contributed by atoms with E-state index in [4.69, 9.17) is 10.3 Å². The van der Waals surface area contributed by atoms with Crippen LogP contribution < -0.4 is 5.73 Å². The van der Waals surface area contributed by atoms with Gasteiger partial charge >= 0.3 is 0 Å². The summed E-state index contributed by atoms with van der Waals surface area (Å²) in [6.45, 7) is 5.08. The molecule has 3 heteroatoms. The van der Waals surface area contributed by atoms with Gasteiger partial charge in [0.25, 0.3) is 0 Å². The molecule has 0 saturated carbocycles. The van der Waals surface area contributed by atoms with E-state index in [1.165, 1.54) is 12.0 Å². The van der Waals surface area contributed by atoms with E-state index < -0.39 is 0 Å². The SMILES string of the molecule is CC(C)c1noc2c1C(CCN)CC2. The van der Waals surface area contributed by atoms with Gasteiger partial charge in [-0.3, -0.25) is 0 Å². The summed E-state index contributed by atoms with van der Waals surface area (Å²) >= 11 is 0. The Morgan fingerprint density at radius 1 is 1.57 bits per heavy atom. The van der Waals surface area contributed by atoms with E-state index in [2.05, 4.69) is 19.0 Å². The Balaban J connectivity index is 2.30. The van der Waals surface area contributed by atoms with Gasteiger partial charge in [0.2, 0.25) is 0 Å². The summed E-state index contributed by atoms with van der Waals surface area (Å²) in [6, 6.07) is 0. The van der Waals surface area contributed by atoms with E-state index in [9.17, 15) is 0 Å². The zero-order valence-electron chi connectivity index (χ0n) is 8.92. The summed E-state index contributed by atoms with van der Waals surface area (Å²) in [4.78, 5) is 0. The zero-order chi connectivity index (χ0) is 10.1. The molecule has 1 unspecified atom stereocenters. The molecule has 78 valence electrons. The van der Waals surface area contributed by atoms with Crippen LogP contribution in [0.3, 0.4) is 0 Å². The van der Waals surface area contributed by atoms with Crippen molar-refractivity contribution in [3.8, 4) is 0 Å². The van der Waals surface area contributed by atoms with E-state index in [0.29, 0.717) is 11.8 Å². The molecule has 0 fully saturated rings. The van der Waals surface area contributed by atoms with Crippen molar-refractivity contribution in [3.63, 3.8) is 0 Å². The topological polar surface area (TPSA) is 52.0 Å². The summed E-state index contributed by atoms with van der Waals surface area (Å²) < 4.78 is 5.35. The maximum absolute atomic E-state index is 5.61. The molecule has 14 heavy (non-hydrogen) atoms. The molecule has 2 rings (SSSR count). The second-order valence-electron chi connectivity index (χ2n) is 4.37. The lowest BCUT2D eigenvalue weighted by molar-refractivity contribution is 0.375. The van der Waals surface area contributed by atoms with Crippen molar-refractivity contribution in [2.45, 2.75) is 44.9 Å². The molecular formula is C11H18N2O. The second kappa shape index (κ2) is 3.73. The van der Waals surface area contributed by atoms with Crippen molar-refractivity contribution < 1.29 is 4.52 Å². The molecule has 1 aromatic heterocycles. The van der Waals surface area contributed by atoms with Crippen molar-refractivity contribution in [2.75, 3.05) is 6.54 Å². The normalized spacial score (nSPS) is 20.4. The average Bonchev–Trinajstić information content (AvgIpc) is 2.67. The number of nitrogens with zero attached hydrogens (tertiary/aromatic N) is 1. The number of hydrogen-bond donors (Lipinski definition) is 1. The van der Waals surface area contributed by atoms with Gasteiger partial charge in [-0.05, 0) is 31.2 Å². The van der Waals surface area contributed by atoms with Crippen LogP contribution in [0.15, 0.2) is 4.52 Å². The number of rotatable bonds is 3. The van der Waals surface area contributed by atoms with Crippen LogP contribution in [0.4, 0.5) is 0 Å². The molecule has 0 radical (unpaired) electrons. The highest BCUT2D eigenvalue weighted by Gasteiger charge is 2.30.